The number of benzene rings is 1. The van der Waals surface area contributed by atoms with E-state index in [1.54, 1.807) is 25.3 Å². The van der Waals surface area contributed by atoms with Gasteiger partial charge in [-0.2, -0.15) is 0 Å². The smallest absolute Gasteiger partial charge is 0.339 e. The number of nitrogens with one attached hydrogen (secondary N) is 1. The molecule has 7 heteroatoms. The van der Waals surface area contributed by atoms with Gasteiger partial charge < -0.3 is 14.5 Å². The van der Waals surface area contributed by atoms with Crippen LogP contribution >= 0.6 is 11.6 Å². The number of aryl methyl sites for hydroxylation is 1. The molecular formula is C22H21ClN2O4. The molecular weight excluding hydrogens is 392 g/mol. The molecule has 0 saturated heterocycles. The summed E-state index contributed by atoms with van der Waals surface area (Å²) in [6, 6.07) is 8.85. The minimum absolute atomic E-state index is 0.293. The highest BCUT2D eigenvalue weighted by Gasteiger charge is 2.21. The lowest BCUT2D eigenvalue weighted by Crippen LogP contribution is -2.36. The first kappa shape index (κ1) is 19.5. The number of hydrogen-bond acceptors (Lipinski definition) is 5. The maximum atomic E-state index is 12.4. The number of pyridine rings is 1. The van der Waals surface area contributed by atoms with Gasteiger partial charge >= 0.3 is 5.63 Å². The summed E-state index contributed by atoms with van der Waals surface area (Å²) in [4.78, 5) is 28.8. The van der Waals surface area contributed by atoms with Crippen molar-refractivity contribution in [3.05, 3.63) is 68.8 Å². The van der Waals surface area contributed by atoms with Crippen LogP contribution in [0.15, 0.2) is 45.7 Å². The first-order valence-corrected chi connectivity index (χ1v) is 10.0. The van der Waals surface area contributed by atoms with E-state index in [1.807, 2.05) is 18.2 Å². The van der Waals surface area contributed by atoms with Gasteiger partial charge in [-0.05, 0) is 56.4 Å². The van der Waals surface area contributed by atoms with E-state index in [9.17, 15) is 9.59 Å². The Labute approximate surface area is 172 Å². The highest BCUT2D eigenvalue weighted by molar-refractivity contribution is 6.32. The van der Waals surface area contributed by atoms with Crippen molar-refractivity contribution in [1.82, 2.24) is 10.3 Å². The van der Waals surface area contributed by atoms with Crippen molar-refractivity contribution in [1.29, 1.82) is 0 Å². The Morgan fingerprint density at radius 3 is 2.83 bits per heavy atom. The van der Waals surface area contributed by atoms with Crippen LogP contribution in [0.1, 0.15) is 36.6 Å². The van der Waals surface area contributed by atoms with Crippen LogP contribution in [-0.4, -0.2) is 17.0 Å². The Bertz CT molecular complexity index is 1110. The molecule has 29 heavy (non-hydrogen) atoms. The number of carbonyl (C=O) groups excluding carboxylic acids is 1. The van der Waals surface area contributed by atoms with E-state index in [0.29, 0.717) is 22.9 Å². The van der Waals surface area contributed by atoms with Crippen molar-refractivity contribution in [2.75, 3.05) is 0 Å². The zero-order valence-corrected chi connectivity index (χ0v) is 16.8. The van der Waals surface area contributed by atoms with Crippen molar-refractivity contribution in [3.63, 3.8) is 0 Å². The van der Waals surface area contributed by atoms with Gasteiger partial charge in [-0.1, -0.05) is 17.7 Å². The van der Waals surface area contributed by atoms with Gasteiger partial charge in [0.05, 0.1) is 17.3 Å². The molecule has 0 spiro atoms. The summed E-state index contributed by atoms with van der Waals surface area (Å²) in [7, 11) is 0. The van der Waals surface area contributed by atoms with Gasteiger partial charge in [-0.3, -0.25) is 9.78 Å². The van der Waals surface area contributed by atoms with Gasteiger partial charge in [-0.25, -0.2) is 4.79 Å². The molecule has 2 aromatic heterocycles. The standard InChI is InChI=1S/C22H21ClN2O4/c1-13(21(26)25-12-14-6-4-5-9-24-14)28-20-11-19-17(10-18(20)23)15-7-2-3-8-16(15)22(27)29-19/h4-6,9-11,13H,2-3,7-8,12H2,1H3,(H,25,26). The van der Waals surface area contributed by atoms with E-state index in [1.165, 1.54) is 0 Å². The molecule has 0 aliphatic heterocycles. The molecule has 1 atom stereocenters. The number of rotatable bonds is 5. The SMILES string of the molecule is CC(Oc1cc2oc(=O)c3c(c2cc1Cl)CCCC3)C(=O)NCc1ccccn1. The maximum Gasteiger partial charge on any atom is 0.339 e. The second kappa shape index (κ2) is 8.25. The number of amides is 1. The molecule has 3 aromatic rings. The lowest BCUT2D eigenvalue weighted by Gasteiger charge is -2.18. The third kappa shape index (κ3) is 4.12. The summed E-state index contributed by atoms with van der Waals surface area (Å²) in [5.74, 6) is 0.0114. The molecule has 2 heterocycles. The predicted octanol–water partition coefficient (Wildman–Crippen LogP) is 3.80. The zero-order chi connectivity index (χ0) is 20.4. The lowest BCUT2D eigenvalue weighted by molar-refractivity contribution is -0.127. The van der Waals surface area contributed by atoms with Gasteiger partial charge in [-0.15, -0.1) is 0 Å². The molecule has 1 unspecified atom stereocenters. The van der Waals surface area contributed by atoms with Crippen LogP contribution in [0, 0.1) is 0 Å². The van der Waals surface area contributed by atoms with Gasteiger partial charge in [0.25, 0.3) is 5.91 Å². The van der Waals surface area contributed by atoms with Crippen LogP contribution in [0.25, 0.3) is 11.0 Å². The monoisotopic (exact) mass is 412 g/mol. The summed E-state index contributed by atoms with van der Waals surface area (Å²) in [5.41, 5.74) is 2.63. The van der Waals surface area contributed by atoms with Gasteiger partial charge in [0.15, 0.2) is 6.10 Å². The maximum absolute atomic E-state index is 12.4. The summed E-state index contributed by atoms with van der Waals surface area (Å²) >= 11 is 6.42. The summed E-state index contributed by atoms with van der Waals surface area (Å²) in [5, 5.41) is 4.00. The second-order valence-electron chi connectivity index (χ2n) is 7.13. The Kier molecular flexibility index (Phi) is 5.53. The minimum Gasteiger partial charge on any atom is -0.479 e. The molecule has 1 aliphatic rings. The van der Waals surface area contributed by atoms with Crippen molar-refractivity contribution in [3.8, 4) is 5.75 Å². The highest BCUT2D eigenvalue weighted by Crippen LogP contribution is 2.34. The summed E-state index contributed by atoms with van der Waals surface area (Å²) < 4.78 is 11.3. The first-order chi connectivity index (χ1) is 14.0. The van der Waals surface area contributed by atoms with Crippen LogP contribution in [0.3, 0.4) is 0 Å². The quantitative estimate of drug-likeness (QED) is 0.644. The molecule has 1 N–H and O–H groups in total. The third-order valence-corrected chi connectivity index (χ3v) is 5.41. The Hall–Kier alpha value is -2.86. The van der Waals surface area contributed by atoms with Crippen LogP contribution in [0.4, 0.5) is 0 Å². The summed E-state index contributed by atoms with van der Waals surface area (Å²) in [6.45, 7) is 1.94. The average Bonchev–Trinajstić information content (AvgIpc) is 2.74. The number of ether oxygens (including phenoxy) is 1. The van der Waals surface area contributed by atoms with E-state index in [-0.39, 0.29) is 11.5 Å². The Morgan fingerprint density at radius 2 is 2.07 bits per heavy atom. The number of nitrogens with zero attached hydrogens (tertiary/aromatic N) is 1. The fourth-order valence-electron chi connectivity index (χ4n) is 3.60. The number of fused-ring (bicyclic) bond motifs is 3. The number of aromatic nitrogens is 1. The second-order valence-corrected chi connectivity index (χ2v) is 7.54. The Morgan fingerprint density at radius 1 is 1.28 bits per heavy atom. The van der Waals surface area contributed by atoms with E-state index < -0.39 is 6.10 Å². The largest absolute Gasteiger partial charge is 0.479 e. The molecule has 0 bridgehead atoms. The van der Waals surface area contributed by atoms with Crippen LogP contribution in [0.5, 0.6) is 5.75 Å². The van der Waals surface area contributed by atoms with Crippen molar-refractivity contribution in [2.45, 2.75) is 45.3 Å². The van der Waals surface area contributed by atoms with E-state index in [4.69, 9.17) is 20.8 Å². The lowest BCUT2D eigenvalue weighted by atomic mass is 9.90. The van der Waals surface area contributed by atoms with Gasteiger partial charge in [0.2, 0.25) is 0 Å². The van der Waals surface area contributed by atoms with E-state index >= 15 is 0 Å². The first-order valence-electron chi connectivity index (χ1n) is 9.65. The minimum atomic E-state index is -0.780. The number of carbonyl (C=O) groups is 1. The third-order valence-electron chi connectivity index (χ3n) is 5.12. The molecule has 1 aromatic carbocycles. The van der Waals surface area contributed by atoms with Crippen molar-refractivity contribution in [2.24, 2.45) is 0 Å². The fraction of sp³-hybridized carbons (Fsp3) is 0.318. The highest BCUT2D eigenvalue weighted by atomic mass is 35.5. The van der Waals surface area contributed by atoms with Crippen molar-refractivity contribution < 1.29 is 13.9 Å². The number of halogens is 1. The molecule has 0 fully saturated rings. The molecule has 1 aliphatic carbocycles. The molecule has 150 valence electrons. The molecule has 1 amide bonds. The van der Waals surface area contributed by atoms with Gasteiger partial charge in [0.1, 0.15) is 11.3 Å². The van der Waals surface area contributed by atoms with E-state index in [2.05, 4.69) is 10.3 Å². The van der Waals surface area contributed by atoms with Crippen LogP contribution < -0.4 is 15.7 Å². The predicted molar refractivity (Wildman–Crippen MR) is 110 cm³/mol. The molecule has 6 nitrogen and oxygen atoms in total. The topological polar surface area (TPSA) is 81.4 Å². The molecule has 0 radical (unpaired) electrons. The Balaban J connectivity index is 1.53. The average molecular weight is 413 g/mol. The fourth-order valence-corrected chi connectivity index (χ4v) is 3.81. The molecule has 4 rings (SSSR count). The van der Waals surface area contributed by atoms with E-state index in [0.717, 1.165) is 47.9 Å². The van der Waals surface area contributed by atoms with Gasteiger partial charge in [0, 0.05) is 23.2 Å². The zero-order valence-electron chi connectivity index (χ0n) is 16.0. The molecule has 0 saturated carbocycles. The number of hydrogen-bond donors (Lipinski definition) is 1. The van der Waals surface area contributed by atoms with Crippen LogP contribution in [-0.2, 0) is 24.2 Å². The summed E-state index contributed by atoms with van der Waals surface area (Å²) in [6.07, 6.45) is 4.48. The normalized spacial score (nSPS) is 14.3. The van der Waals surface area contributed by atoms with Crippen molar-refractivity contribution >= 4 is 28.5 Å². The van der Waals surface area contributed by atoms with Crippen LogP contribution in [0.2, 0.25) is 5.02 Å².